The summed E-state index contributed by atoms with van der Waals surface area (Å²) in [5.74, 6) is 2.82. The smallest absolute Gasteiger partial charge is 0.170 e. The van der Waals surface area contributed by atoms with E-state index in [1.165, 1.54) is 11.5 Å². The van der Waals surface area contributed by atoms with E-state index in [4.69, 9.17) is 16.3 Å². The number of benzene rings is 1. The van der Waals surface area contributed by atoms with E-state index in [2.05, 4.69) is 23.2 Å². The molecule has 3 nitrogen and oxygen atoms in total. The predicted octanol–water partition coefficient (Wildman–Crippen LogP) is 4.62. The van der Waals surface area contributed by atoms with Crippen molar-refractivity contribution in [1.82, 2.24) is 9.36 Å². The van der Waals surface area contributed by atoms with E-state index in [9.17, 15) is 0 Å². The van der Waals surface area contributed by atoms with Gasteiger partial charge in [0.1, 0.15) is 11.6 Å². The van der Waals surface area contributed by atoms with Crippen molar-refractivity contribution >= 4 is 34.9 Å². The normalized spacial score (nSPS) is 11.0. The van der Waals surface area contributed by atoms with Gasteiger partial charge in [0.25, 0.3) is 0 Å². The molecule has 0 aliphatic carbocycles. The van der Waals surface area contributed by atoms with Crippen LogP contribution in [0.15, 0.2) is 22.5 Å². The number of hydrogen-bond acceptors (Lipinski definition) is 5. The zero-order chi connectivity index (χ0) is 13.8. The van der Waals surface area contributed by atoms with Crippen LogP contribution in [0.25, 0.3) is 0 Å². The van der Waals surface area contributed by atoms with E-state index in [1.54, 1.807) is 18.9 Å². The van der Waals surface area contributed by atoms with Crippen LogP contribution in [0, 0.1) is 0 Å². The van der Waals surface area contributed by atoms with Gasteiger partial charge in [-0.05, 0) is 29.2 Å². The Bertz CT molecular complexity index is 557. The van der Waals surface area contributed by atoms with Crippen molar-refractivity contribution in [2.24, 2.45) is 0 Å². The number of rotatable bonds is 5. The molecular weight excluding hydrogens is 300 g/mol. The number of aromatic nitrogens is 2. The monoisotopic (exact) mass is 314 g/mol. The molecule has 102 valence electrons. The standard InChI is InChI=1S/C13H15ClN2OS2/c1-8(2)12-15-13(19-16-12)18-7-9-4-5-11(17-3)10(14)6-9/h4-6,8H,7H2,1-3H3. The number of nitrogens with zero attached hydrogens (tertiary/aromatic N) is 2. The first kappa shape index (κ1) is 14.6. The lowest BCUT2D eigenvalue weighted by atomic mass is 10.2. The average molecular weight is 315 g/mol. The van der Waals surface area contributed by atoms with Crippen LogP contribution >= 0.6 is 34.9 Å². The molecule has 0 atom stereocenters. The molecule has 1 aromatic heterocycles. The first-order chi connectivity index (χ1) is 9.10. The number of hydrogen-bond donors (Lipinski definition) is 0. The highest BCUT2D eigenvalue weighted by Gasteiger charge is 2.09. The Morgan fingerprint density at radius 3 is 2.79 bits per heavy atom. The van der Waals surface area contributed by atoms with Crippen molar-refractivity contribution in [3.05, 3.63) is 34.6 Å². The van der Waals surface area contributed by atoms with E-state index >= 15 is 0 Å². The topological polar surface area (TPSA) is 35.0 Å². The van der Waals surface area contributed by atoms with Crippen LogP contribution in [-0.4, -0.2) is 16.5 Å². The van der Waals surface area contributed by atoms with Crippen LogP contribution in [0.1, 0.15) is 31.2 Å². The molecule has 0 aliphatic rings. The summed E-state index contributed by atoms with van der Waals surface area (Å²) in [5, 5.41) is 0.640. The summed E-state index contributed by atoms with van der Waals surface area (Å²) in [4.78, 5) is 4.49. The summed E-state index contributed by atoms with van der Waals surface area (Å²) in [5.41, 5.74) is 1.15. The van der Waals surface area contributed by atoms with Gasteiger partial charge >= 0.3 is 0 Å². The Kier molecular flexibility index (Phi) is 5.07. The van der Waals surface area contributed by atoms with Gasteiger partial charge in [0, 0.05) is 11.7 Å². The molecule has 0 saturated heterocycles. The van der Waals surface area contributed by atoms with Crippen molar-refractivity contribution in [2.75, 3.05) is 7.11 Å². The molecule has 0 spiro atoms. The molecule has 0 N–H and O–H groups in total. The highest BCUT2D eigenvalue weighted by Crippen LogP contribution is 2.30. The van der Waals surface area contributed by atoms with Crippen LogP contribution in [0.4, 0.5) is 0 Å². The molecule has 0 bridgehead atoms. The van der Waals surface area contributed by atoms with Gasteiger partial charge < -0.3 is 4.74 Å². The molecule has 0 saturated carbocycles. The van der Waals surface area contributed by atoms with Gasteiger partial charge in [-0.25, -0.2) is 4.98 Å². The summed E-state index contributed by atoms with van der Waals surface area (Å²) in [6, 6.07) is 5.83. The summed E-state index contributed by atoms with van der Waals surface area (Å²) in [6.45, 7) is 4.19. The SMILES string of the molecule is COc1ccc(CSc2nc(C(C)C)ns2)cc1Cl. The van der Waals surface area contributed by atoms with E-state index in [-0.39, 0.29) is 0 Å². The van der Waals surface area contributed by atoms with Crippen molar-refractivity contribution in [1.29, 1.82) is 0 Å². The molecule has 1 heterocycles. The summed E-state index contributed by atoms with van der Waals surface area (Å²) >= 11 is 9.23. The molecule has 0 amide bonds. The molecule has 0 fully saturated rings. The van der Waals surface area contributed by atoms with Crippen molar-refractivity contribution in [3.8, 4) is 5.75 Å². The Morgan fingerprint density at radius 2 is 2.21 bits per heavy atom. The lowest BCUT2D eigenvalue weighted by Gasteiger charge is -2.04. The van der Waals surface area contributed by atoms with Crippen LogP contribution in [-0.2, 0) is 5.75 Å². The van der Waals surface area contributed by atoms with Gasteiger partial charge in [-0.15, -0.1) is 0 Å². The number of halogens is 1. The Balaban J connectivity index is 1.99. The maximum atomic E-state index is 6.10. The van der Waals surface area contributed by atoms with Gasteiger partial charge in [0.15, 0.2) is 4.34 Å². The molecule has 0 unspecified atom stereocenters. The van der Waals surface area contributed by atoms with Crippen LogP contribution < -0.4 is 4.74 Å². The van der Waals surface area contributed by atoms with Gasteiger partial charge in [0.2, 0.25) is 0 Å². The fraction of sp³-hybridized carbons (Fsp3) is 0.385. The third-order valence-electron chi connectivity index (χ3n) is 2.52. The predicted molar refractivity (Wildman–Crippen MR) is 81.6 cm³/mol. The second kappa shape index (κ2) is 6.59. The van der Waals surface area contributed by atoms with Gasteiger partial charge in [-0.3, -0.25) is 0 Å². The largest absolute Gasteiger partial charge is 0.495 e. The molecule has 0 aliphatic heterocycles. The maximum absolute atomic E-state index is 6.10. The highest BCUT2D eigenvalue weighted by molar-refractivity contribution is 8.00. The minimum absolute atomic E-state index is 0.376. The minimum Gasteiger partial charge on any atom is -0.495 e. The lowest BCUT2D eigenvalue weighted by molar-refractivity contribution is 0.415. The first-order valence-electron chi connectivity index (χ1n) is 5.89. The number of methoxy groups -OCH3 is 1. The molecular formula is C13H15ClN2OS2. The van der Waals surface area contributed by atoms with Gasteiger partial charge in [-0.1, -0.05) is 43.3 Å². The summed E-state index contributed by atoms with van der Waals surface area (Å²) in [7, 11) is 1.62. The second-order valence-corrected chi connectivity index (χ2v) is 6.71. The van der Waals surface area contributed by atoms with Crippen molar-refractivity contribution in [3.63, 3.8) is 0 Å². The Morgan fingerprint density at radius 1 is 1.42 bits per heavy atom. The molecule has 19 heavy (non-hydrogen) atoms. The van der Waals surface area contributed by atoms with Crippen molar-refractivity contribution < 1.29 is 4.74 Å². The minimum atomic E-state index is 0.376. The molecule has 6 heteroatoms. The quantitative estimate of drug-likeness (QED) is 0.755. The number of ether oxygens (including phenoxy) is 1. The zero-order valence-electron chi connectivity index (χ0n) is 11.0. The Hall–Kier alpha value is -0.780. The second-order valence-electron chi connectivity index (χ2n) is 4.33. The van der Waals surface area contributed by atoms with Crippen molar-refractivity contribution in [2.45, 2.75) is 29.9 Å². The maximum Gasteiger partial charge on any atom is 0.170 e. The fourth-order valence-corrected chi connectivity index (χ4v) is 3.42. The molecule has 1 aromatic carbocycles. The van der Waals surface area contributed by atoms with Gasteiger partial charge in [-0.2, -0.15) is 4.37 Å². The van der Waals surface area contributed by atoms with E-state index in [1.807, 2.05) is 18.2 Å². The fourth-order valence-electron chi connectivity index (χ4n) is 1.46. The summed E-state index contributed by atoms with van der Waals surface area (Å²) in [6.07, 6.45) is 0. The van der Waals surface area contributed by atoms with E-state index in [0.717, 1.165) is 21.5 Å². The molecule has 0 radical (unpaired) electrons. The first-order valence-corrected chi connectivity index (χ1v) is 8.02. The molecule has 2 aromatic rings. The van der Waals surface area contributed by atoms with Crippen LogP contribution in [0.2, 0.25) is 5.02 Å². The molecule has 2 rings (SSSR count). The lowest BCUT2D eigenvalue weighted by Crippen LogP contribution is -1.89. The summed E-state index contributed by atoms with van der Waals surface area (Å²) < 4.78 is 10.5. The van der Waals surface area contributed by atoms with Crippen LogP contribution in [0.5, 0.6) is 5.75 Å². The van der Waals surface area contributed by atoms with E-state index < -0.39 is 0 Å². The van der Waals surface area contributed by atoms with E-state index in [0.29, 0.717) is 16.7 Å². The average Bonchev–Trinajstić information content (AvgIpc) is 2.85. The highest BCUT2D eigenvalue weighted by atomic mass is 35.5. The Labute approximate surface area is 126 Å². The number of thioether (sulfide) groups is 1. The zero-order valence-corrected chi connectivity index (χ0v) is 13.4. The van der Waals surface area contributed by atoms with Gasteiger partial charge in [0.05, 0.1) is 12.1 Å². The third-order valence-corrected chi connectivity index (χ3v) is 4.73. The van der Waals surface area contributed by atoms with Crippen LogP contribution in [0.3, 0.4) is 0 Å². The third kappa shape index (κ3) is 3.84.